The first kappa shape index (κ1) is 13.5. The average molecular weight is 258 g/mol. The van der Waals surface area contributed by atoms with Crippen LogP contribution in [0, 0.1) is 11.3 Å². The van der Waals surface area contributed by atoms with E-state index in [-0.39, 0.29) is 17.0 Å². The molecule has 0 amide bonds. The lowest BCUT2D eigenvalue weighted by Crippen LogP contribution is -2.38. The van der Waals surface area contributed by atoms with Crippen LogP contribution in [0.4, 0.5) is 11.4 Å². The highest BCUT2D eigenvalue weighted by Gasteiger charge is 2.38. The summed E-state index contributed by atoms with van der Waals surface area (Å²) < 4.78 is 0. The molecule has 1 aromatic rings. The minimum Gasteiger partial charge on any atom is -0.399 e. The van der Waals surface area contributed by atoms with Crippen LogP contribution in [0.3, 0.4) is 0 Å². The number of aliphatic imine (C=N–C) groups is 1. The summed E-state index contributed by atoms with van der Waals surface area (Å²) in [7, 11) is 0. The molecule has 0 aliphatic heterocycles. The van der Waals surface area contributed by atoms with E-state index >= 15 is 0 Å². The van der Waals surface area contributed by atoms with Crippen molar-refractivity contribution in [2.24, 2.45) is 16.3 Å². The van der Waals surface area contributed by atoms with E-state index in [0.717, 1.165) is 0 Å². The highest BCUT2D eigenvalue weighted by atomic mass is 16.2. The standard InChI is InChI=1S/C15H18N2O2/c1-15(2)7-13(18)12(14(19)8-15)9-17-11-5-3-10(16)4-6-11/h3-6,9,12H,7-8,16H2,1-2H3. The maximum atomic E-state index is 12.0. The van der Waals surface area contributed by atoms with Gasteiger partial charge in [0.25, 0.3) is 0 Å². The molecule has 19 heavy (non-hydrogen) atoms. The number of rotatable bonds is 2. The summed E-state index contributed by atoms with van der Waals surface area (Å²) >= 11 is 0. The molecular formula is C15H18N2O2. The van der Waals surface area contributed by atoms with Gasteiger partial charge < -0.3 is 5.73 Å². The van der Waals surface area contributed by atoms with Gasteiger partial charge in [-0.1, -0.05) is 13.8 Å². The number of ketones is 2. The van der Waals surface area contributed by atoms with Crippen LogP contribution in [0.5, 0.6) is 0 Å². The molecule has 4 nitrogen and oxygen atoms in total. The van der Waals surface area contributed by atoms with Crippen LogP contribution < -0.4 is 5.73 Å². The first-order valence-corrected chi connectivity index (χ1v) is 6.32. The molecule has 0 spiro atoms. The van der Waals surface area contributed by atoms with Crippen LogP contribution in [-0.2, 0) is 9.59 Å². The highest BCUT2D eigenvalue weighted by Crippen LogP contribution is 2.33. The summed E-state index contributed by atoms with van der Waals surface area (Å²) in [5.41, 5.74) is 6.71. The van der Waals surface area contributed by atoms with Crippen LogP contribution in [0.2, 0.25) is 0 Å². The number of hydrogen-bond acceptors (Lipinski definition) is 4. The molecule has 2 rings (SSSR count). The summed E-state index contributed by atoms with van der Waals surface area (Å²) in [6.07, 6.45) is 2.32. The zero-order chi connectivity index (χ0) is 14.0. The number of nitrogens with zero attached hydrogens (tertiary/aromatic N) is 1. The molecular weight excluding hydrogens is 240 g/mol. The third kappa shape index (κ3) is 3.28. The lowest BCUT2D eigenvalue weighted by atomic mass is 9.72. The Bertz CT molecular complexity index is 510. The van der Waals surface area contributed by atoms with Gasteiger partial charge in [-0.25, -0.2) is 0 Å². The fourth-order valence-electron chi connectivity index (χ4n) is 2.29. The lowest BCUT2D eigenvalue weighted by Gasteiger charge is -2.30. The molecule has 1 aromatic carbocycles. The summed E-state index contributed by atoms with van der Waals surface area (Å²) in [5, 5.41) is 0. The molecule has 0 unspecified atom stereocenters. The first-order chi connectivity index (χ1) is 8.87. The predicted molar refractivity (Wildman–Crippen MR) is 75.5 cm³/mol. The monoisotopic (exact) mass is 258 g/mol. The lowest BCUT2D eigenvalue weighted by molar-refractivity contribution is -0.136. The zero-order valence-corrected chi connectivity index (χ0v) is 11.2. The van der Waals surface area contributed by atoms with Gasteiger partial charge in [0, 0.05) is 24.7 Å². The summed E-state index contributed by atoms with van der Waals surface area (Å²) in [4.78, 5) is 28.1. The van der Waals surface area contributed by atoms with Gasteiger partial charge in [-0.05, 0) is 29.7 Å². The normalized spacial score (nSPS) is 20.1. The van der Waals surface area contributed by atoms with Crippen molar-refractivity contribution in [2.45, 2.75) is 26.7 Å². The van der Waals surface area contributed by atoms with E-state index in [0.29, 0.717) is 24.2 Å². The predicted octanol–water partition coefficient (Wildman–Crippen LogP) is 2.55. The van der Waals surface area contributed by atoms with Gasteiger partial charge in [-0.2, -0.15) is 0 Å². The molecule has 100 valence electrons. The van der Waals surface area contributed by atoms with Crippen LogP contribution in [0.1, 0.15) is 26.7 Å². The second-order valence-electron chi connectivity index (χ2n) is 5.80. The Morgan fingerprint density at radius 1 is 1.16 bits per heavy atom. The van der Waals surface area contributed by atoms with Crippen molar-refractivity contribution in [2.75, 3.05) is 5.73 Å². The van der Waals surface area contributed by atoms with Crippen LogP contribution >= 0.6 is 0 Å². The minimum atomic E-state index is -0.689. The van der Waals surface area contributed by atoms with Crippen molar-refractivity contribution in [1.29, 1.82) is 0 Å². The van der Waals surface area contributed by atoms with Crippen molar-refractivity contribution in [1.82, 2.24) is 0 Å². The number of nitrogen functional groups attached to an aromatic ring is 1. The number of carbonyl (C=O) groups excluding carboxylic acids is 2. The molecule has 0 radical (unpaired) electrons. The quantitative estimate of drug-likeness (QED) is 0.503. The Hall–Kier alpha value is -1.97. The molecule has 2 N–H and O–H groups in total. The maximum absolute atomic E-state index is 12.0. The van der Waals surface area contributed by atoms with Gasteiger partial charge in [-0.3, -0.25) is 14.6 Å². The molecule has 1 fully saturated rings. The van der Waals surface area contributed by atoms with Crippen LogP contribution in [0.25, 0.3) is 0 Å². The number of carbonyl (C=O) groups is 2. The number of hydrogen-bond donors (Lipinski definition) is 1. The van der Waals surface area contributed by atoms with Gasteiger partial charge in [0.05, 0.1) is 5.69 Å². The first-order valence-electron chi connectivity index (χ1n) is 6.32. The van der Waals surface area contributed by atoms with E-state index in [1.165, 1.54) is 6.21 Å². The molecule has 0 heterocycles. The molecule has 0 saturated heterocycles. The van der Waals surface area contributed by atoms with E-state index < -0.39 is 5.92 Å². The van der Waals surface area contributed by atoms with Gasteiger partial charge >= 0.3 is 0 Å². The van der Waals surface area contributed by atoms with Gasteiger partial charge in [0.15, 0.2) is 0 Å². The van der Waals surface area contributed by atoms with Crippen LogP contribution in [-0.4, -0.2) is 17.8 Å². The van der Waals surface area contributed by atoms with E-state index in [1.54, 1.807) is 24.3 Å². The van der Waals surface area contributed by atoms with Crippen LogP contribution in [0.15, 0.2) is 29.3 Å². The second kappa shape index (κ2) is 4.96. The van der Waals surface area contributed by atoms with Gasteiger partial charge in [0.1, 0.15) is 17.5 Å². The molecule has 1 aliphatic rings. The van der Waals surface area contributed by atoms with Gasteiger partial charge in [0.2, 0.25) is 0 Å². The van der Waals surface area contributed by atoms with Crippen molar-refractivity contribution in [3.63, 3.8) is 0 Å². The molecule has 0 bridgehead atoms. The fraction of sp³-hybridized carbons (Fsp3) is 0.400. The molecule has 4 heteroatoms. The summed E-state index contributed by atoms with van der Waals surface area (Å²) in [6.45, 7) is 3.88. The Morgan fingerprint density at radius 3 is 2.21 bits per heavy atom. The number of nitrogens with two attached hydrogens (primary N) is 1. The number of benzene rings is 1. The minimum absolute atomic E-state index is 0.0413. The van der Waals surface area contributed by atoms with Crippen molar-refractivity contribution in [3.05, 3.63) is 24.3 Å². The van der Waals surface area contributed by atoms with Crippen molar-refractivity contribution >= 4 is 29.2 Å². The highest BCUT2D eigenvalue weighted by molar-refractivity contribution is 6.16. The smallest absolute Gasteiger partial charge is 0.149 e. The number of anilines is 1. The third-order valence-corrected chi connectivity index (χ3v) is 3.27. The van der Waals surface area contributed by atoms with E-state index in [4.69, 9.17) is 5.73 Å². The van der Waals surface area contributed by atoms with Gasteiger partial charge in [-0.15, -0.1) is 0 Å². The summed E-state index contributed by atoms with van der Waals surface area (Å²) in [5.74, 6) is -0.772. The topological polar surface area (TPSA) is 72.5 Å². The Labute approximate surface area is 112 Å². The zero-order valence-electron chi connectivity index (χ0n) is 11.2. The Morgan fingerprint density at radius 2 is 1.68 bits per heavy atom. The maximum Gasteiger partial charge on any atom is 0.149 e. The SMILES string of the molecule is CC1(C)CC(=O)C(C=Nc2ccc(N)cc2)C(=O)C1. The van der Waals surface area contributed by atoms with E-state index in [1.807, 2.05) is 13.8 Å². The molecule has 0 atom stereocenters. The number of Topliss-reactive ketones (excluding diaryl/α,β-unsaturated/α-hetero) is 2. The second-order valence-corrected chi connectivity index (χ2v) is 5.80. The largest absolute Gasteiger partial charge is 0.399 e. The Balaban J connectivity index is 2.12. The Kier molecular flexibility index (Phi) is 3.51. The summed E-state index contributed by atoms with van der Waals surface area (Å²) in [6, 6.07) is 6.99. The average Bonchev–Trinajstić information content (AvgIpc) is 2.29. The third-order valence-electron chi connectivity index (χ3n) is 3.27. The van der Waals surface area contributed by atoms with Crippen molar-refractivity contribution < 1.29 is 9.59 Å². The molecule has 1 saturated carbocycles. The van der Waals surface area contributed by atoms with E-state index in [2.05, 4.69) is 4.99 Å². The van der Waals surface area contributed by atoms with E-state index in [9.17, 15) is 9.59 Å². The van der Waals surface area contributed by atoms with Crippen molar-refractivity contribution in [3.8, 4) is 0 Å². The fourth-order valence-corrected chi connectivity index (χ4v) is 2.29. The molecule has 1 aliphatic carbocycles. The molecule has 0 aromatic heterocycles.